The highest BCUT2D eigenvalue weighted by Gasteiger charge is 2.38. The maximum atomic E-state index is 9.06. The average molecular weight is 143 g/mol. The van der Waals surface area contributed by atoms with Crippen LogP contribution in [0.5, 0.6) is 0 Å². The maximum Gasteiger partial charge on any atom is 0.0550 e. The van der Waals surface area contributed by atoms with Gasteiger partial charge in [-0.05, 0) is 38.3 Å². The van der Waals surface area contributed by atoms with Gasteiger partial charge in [0.05, 0.1) is 6.10 Å². The Hall–Kier alpha value is -0.0800. The number of hydrogen-bond donors (Lipinski definition) is 2. The fraction of sp³-hybridized carbons (Fsp3) is 1.00. The molecule has 0 saturated heterocycles. The van der Waals surface area contributed by atoms with Gasteiger partial charge in [0.1, 0.15) is 0 Å². The van der Waals surface area contributed by atoms with E-state index in [4.69, 9.17) is 5.11 Å². The highest BCUT2D eigenvalue weighted by Crippen LogP contribution is 2.43. The molecule has 0 aromatic carbocycles. The van der Waals surface area contributed by atoms with Crippen LogP contribution in [-0.4, -0.2) is 24.8 Å². The molecule has 0 aromatic heterocycles. The minimum Gasteiger partial charge on any atom is -0.393 e. The first-order chi connectivity index (χ1) is 4.66. The van der Waals surface area contributed by atoms with E-state index < -0.39 is 0 Å². The van der Waals surface area contributed by atoms with Crippen LogP contribution in [0, 0.1) is 5.41 Å². The Balaban J connectivity index is 2.15. The molecule has 0 aromatic rings. The first-order valence-electron chi connectivity index (χ1n) is 3.99. The summed E-state index contributed by atoms with van der Waals surface area (Å²) in [6, 6.07) is 0. The fourth-order valence-corrected chi connectivity index (χ4v) is 1.71. The van der Waals surface area contributed by atoms with E-state index in [9.17, 15) is 0 Å². The van der Waals surface area contributed by atoms with Gasteiger partial charge in [0.2, 0.25) is 0 Å². The molecule has 0 atom stereocenters. The third-order valence-electron chi connectivity index (χ3n) is 2.44. The molecule has 1 aliphatic carbocycles. The van der Waals surface area contributed by atoms with Gasteiger partial charge < -0.3 is 10.4 Å². The lowest BCUT2D eigenvalue weighted by Gasteiger charge is -2.42. The molecule has 2 heteroatoms. The summed E-state index contributed by atoms with van der Waals surface area (Å²) < 4.78 is 0. The number of hydrogen-bond acceptors (Lipinski definition) is 2. The van der Waals surface area contributed by atoms with E-state index in [0.29, 0.717) is 5.41 Å². The largest absolute Gasteiger partial charge is 0.393 e. The number of aliphatic hydroxyl groups is 1. The molecular weight excluding hydrogens is 126 g/mol. The molecule has 0 unspecified atom stereocenters. The van der Waals surface area contributed by atoms with Crippen molar-refractivity contribution >= 4 is 0 Å². The van der Waals surface area contributed by atoms with E-state index in [0.717, 1.165) is 19.4 Å². The molecule has 0 bridgehead atoms. The quantitative estimate of drug-likeness (QED) is 0.611. The zero-order valence-electron chi connectivity index (χ0n) is 6.85. The van der Waals surface area contributed by atoms with Gasteiger partial charge >= 0.3 is 0 Å². The van der Waals surface area contributed by atoms with Crippen LogP contribution in [0.4, 0.5) is 0 Å². The Morgan fingerprint density at radius 1 is 1.60 bits per heavy atom. The van der Waals surface area contributed by atoms with E-state index in [1.54, 1.807) is 0 Å². The molecule has 1 aliphatic rings. The average Bonchev–Trinajstić information content (AvgIpc) is 1.81. The van der Waals surface area contributed by atoms with Crippen LogP contribution in [0.2, 0.25) is 0 Å². The van der Waals surface area contributed by atoms with Crippen molar-refractivity contribution in [2.75, 3.05) is 13.6 Å². The number of nitrogens with one attached hydrogen (secondary N) is 1. The molecule has 10 heavy (non-hydrogen) atoms. The Morgan fingerprint density at radius 2 is 2.20 bits per heavy atom. The Kier molecular flexibility index (Phi) is 2.32. The lowest BCUT2D eigenvalue weighted by Crippen LogP contribution is -2.40. The number of aliphatic hydroxyl groups excluding tert-OH is 1. The molecule has 0 amide bonds. The number of rotatable bonds is 3. The topological polar surface area (TPSA) is 32.3 Å². The summed E-state index contributed by atoms with van der Waals surface area (Å²) in [7, 11) is 1.97. The summed E-state index contributed by atoms with van der Waals surface area (Å²) in [4.78, 5) is 0. The predicted molar refractivity (Wildman–Crippen MR) is 41.9 cm³/mol. The van der Waals surface area contributed by atoms with Crippen LogP contribution in [0.15, 0.2) is 0 Å². The molecule has 0 aliphatic heterocycles. The van der Waals surface area contributed by atoms with Crippen molar-refractivity contribution in [3.05, 3.63) is 0 Å². The maximum absolute atomic E-state index is 9.06. The highest BCUT2D eigenvalue weighted by atomic mass is 16.3. The van der Waals surface area contributed by atoms with Crippen molar-refractivity contribution in [1.29, 1.82) is 0 Å². The SMILES string of the molecule is CNCCC1(C)CC(O)C1. The van der Waals surface area contributed by atoms with Crippen LogP contribution >= 0.6 is 0 Å². The minimum atomic E-state index is -0.0122. The first-order valence-corrected chi connectivity index (χ1v) is 3.99. The third-order valence-corrected chi connectivity index (χ3v) is 2.44. The molecular formula is C8H17NO. The molecule has 1 fully saturated rings. The van der Waals surface area contributed by atoms with Gasteiger partial charge in [-0.2, -0.15) is 0 Å². The Morgan fingerprint density at radius 3 is 2.60 bits per heavy atom. The first kappa shape index (κ1) is 8.02. The second kappa shape index (κ2) is 2.89. The summed E-state index contributed by atoms with van der Waals surface area (Å²) in [6.07, 6.45) is 3.17. The smallest absolute Gasteiger partial charge is 0.0550 e. The highest BCUT2D eigenvalue weighted by molar-refractivity contribution is 4.90. The van der Waals surface area contributed by atoms with Crippen LogP contribution in [0.25, 0.3) is 0 Å². The van der Waals surface area contributed by atoms with Gasteiger partial charge in [0.25, 0.3) is 0 Å². The van der Waals surface area contributed by atoms with Crippen molar-refractivity contribution in [2.24, 2.45) is 5.41 Å². The van der Waals surface area contributed by atoms with Gasteiger partial charge in [-0.1, -0.05) is 6.92 Å². The molecule has 60 valence electrons. The van der Waals surface area contributed by atoms with Gasteiger partial charge in [0.15, 0.2) is 0 Å². The van der Waals surface area contributed by atoms with Crippen LogP contribution in [0.3, 0.4) is 0 Å². The lowest BCUT2D eigenvalue weighted by atomic mass is 9.66. The third kappa shape index (κ3) is 1.70. The monoisotopic (exact) mass is 143 g/mol. The Labute approximate surface area is 62.6 Å². The van der Waals surface area contributed by atoms with E-state index >= 15 is 0 Å². The summed E-state index contributed by atoms with van der Waals surface area (Å²) in [6.45, 7) is 3.32. The van der Waals surface area contributed by atoms with Crippen LogP contribution < -0.4 is 5.32 Å². The van der Waals surface area contributed by atoms with Gasteiger partial charge in [-0.25, -0.2) is 0 Å². The summed E-state index contributed by atoms with van der Waals surface area (Å²) in [5, 5.41) is 12.2. The standard InChI is InChI=1S/C8H17NO/c1-8(3-4-9-2)5-7(10)6-8/h7,9-10H,3-6H2,1-2H3. The molecule has 0 radical (unpaired) electrons. The molecule has 2 nitrogen and oxygen atoms in total. The van der Waals surface area contributed by atoms with E-state index in [-0.39, 0.29) is 6.10 Å². The van der Waals surface area contributed by atoms with E-state index in [1.807, 2.05) is 7.05 Å². The zero-order valence-corrected chi connectivity index (χ0v) is 6.85. The summed E-state index contributed by atoms with van der Waals surface area (Å²) in [5.74, 6) is 0. The summed E-state index contributed by atoms with van der Waals surface area (Å²) >= 11 is 0. The van der Waals surface area contributed by atoms with Crippen molar-refractivity contribution in [2.45, 2.75) is 32.3 Å². The lowest BCUT2D eigenvalue weighted by molar-refractivity contribution is -0.0244. The zero-order chi connectivity index (χ0) is 7.61. The minimum absolute atomic E-state index is 0.0122. The second-order valence-corrected chi connectivity index (χ2v) is 3.73. The van der Waals surface area contributed by atoms with Gasteiger partial charge in [-0.15, -0.1) is 0 Å². The fourth-order valence-electron chi connectivity index (χ4n) is 1.71. The Bertz CT molecular complexity index is 108. The van der Waals surface area contributed by atoms with Crippen molar-refractivity contribution < 1.29 is 5.11 Å². The molecule has 1 saturated carbocycles. The molecule has 0 heterocycles. The van der Waals surface area contributed by atoms with Gasteiger partial charge in [-0.3, -0.25) is 0 Å². The van der Waals surface area contributed by atoms with Crippen molar-refractivity contribution in [3.63, 3.8) is 0 Å². The molecule has 0 spiro atoms. The van der Waals surface area contributed by atoms with E-state index in [2.05, 4.69) is 12.2 Å². The summed E-state index contributed by atoms with van der Waals surface area (Å²) in [5.41, 5.74) is 0.433. The second-order valence-electron chi connectivity index (χ2n) is 3.73. The van der Waals surface area contributed by atoms with Crippen LogP contribution in [0.1, 0.15) is 26.2 Å². The van der Waals surface area contributed by atoms with E-state index in [1.165, 1.54) is 6.42 Å². The van der Waals surface area contributed by atoms with Crippen LogP contribution in [-0.2, 0) is 0 Å². The normalized spacial score (nSPS) is 39.3. The molecule has 1 rings (SSSR count). The molecule has 2 N–H and O–H groups in total. The predicted octanol–water partition coefficient (Wildman–Crippen LogP) is 0.757. The van der Waals surface area contributed by atoms with Crippen molar-refractivity contribution in [3.8, 4) is 0 Å². The van der Waals surface area contributed by atoms with Gasteiger partial charge in [0, 0.05) is 0 Å². The van der Waals surface area contributed by atoms with Crippen molar-refractivity contribution in [1.82, 2.24) is 5.32 Å².